The third-order valence-electron chi connectivity index (χ3n) is 3.53. The van der Waals surface area contributed by atoms with Crippen LogP contribution in [-0.2, 0) is 11.2 Å². The highest BCUT2D eigenvalue weighted by molar-refractivity contribution is 7.09. The maximum atomic E-state index is 12.1. The van der Waals surface area contributed by atoms with E-state index in [4.69, 9.17) is 5.11 Å². The van der Waals surface area contributed by atoms with Crippen LogP contribution >= 0.6 is 11.3 Å². The van der Waals surface area contributed by atoms with Crippen LogP contribution in [0.15, 0.2) is 17.5 Å². The first-order valence-electron chi connectivity index (χ1n) is 6.95. The number of carboxylic acid groups (broad SMARTS) is 1. The van der Waals surface area contributed by atoms with Gasteiger partial charge < -0.3 is 15.3 Å². The normalized spacial score (nSPS) is 18.8. The van der Waals surface area contributed by atoms with Crippen LogP contribution in [0.4, 0.5) is 4.79 Å². The summed E-state index contributed by atoms with van der Waals surface area (Å²) >= 11 is 1.68. The summed E-state index contributed by atoms with van der Waals surface area (Å²) in [6, 6.07) is 3.75. The summed E-state index contributed by atoms with van der Waals surface area (Å²) in [7, 11) is 0. The number of hydrogen-bond donors (Lipinski definition) is 2. The molecule has 0 bridgehead atoms. The van der Waals surface area contributed by atoms with E-state index in [0.29, 0.717) is 13.1 Å². The molecular weight excluding hydrogens is 276 g/mol. The number of nitrogens with zero attached hydrogens (tertiary/aromatic N) is 1. The largest absolute Gasteiger partial charge is 0.481 e. The van der Waals surface area contributed by atoms with Gasteiger partial charge in [-0.3, -0.25) is 4.79 Å². The first kappa shape index (κ1) is 14.8. The van der Waals surface area contributed by atoms with E-state index in [1.165, 1.54) is 4.88 Å². The number of amides is 2. The van der Waals surface area contributed by atoms with Gasteiger partial charge in [-0.1, -0.05) is 6.07 Å². The number of carboxylic acids is 1. The van der Waals surface area contributed by atoms with Crippen molar-refractivity contribution in [2.45, 2.75) is 38.1 Å². The molecule has 0 radical (unpaired) electrons. The fourth-order valence-electron chi connectivity index (χ4n) is 2.53. The fourth-order valence-corrected chi connectivity index (χ4v) is 3.24. The van der Waals surface area contributed by atoms with Crippen molar-refractivity contribution in [3.05, 3.63) is 22.4 Å². The Hall–Kier alpha value is -1.56. The maximum Gasteiger partial charge on any atom is 0.317 e. The molecule has 1 aliphatic heterocycles. The van der Waals surface area contributed by atoms with Gasteiger partial charge in [0.2, 0.25) is 0 Å². The van der Waals surface area contributed by atoms with Gasteiger partial charge in [0.25, 0.3) is 0 Å². The van der Waals surface area contributed by atoms with Crippen LogP contribution < -0.4 is 5.32 Å². The number of rotatable bonds is 5. The molecule has 6 heteroatoms. The summed E-state index contributed by atoms with van der Waals surface area (Å²) in [4.78, 5) is 25.9. The van der Waals surface area contributed by atoms with Gasteiger partial charge in [0, 0.05) is 24.0 Å². The SMILES string of the molecule is O=C(O)CC1CCCCN1C(=O)NCCc1cccs1. The molecule has 1 unspecified atom stereocenters. The minimum atomic E-state index is -0.840. The predicted octanol–water partition coefficient (Wildman–Crippen LogP) is 2.33. The van der Waals surface area contributed by atoms with Crippen LogP contribution in [0.2, 0.25) is 0 Å². The Kier molecular flexibility index (Phi) is 5.40. The van der Waals surface area contributed by atoms with Crippen LogP contribution in [0.1, 0.15) is 30.6 Å². The van der Waals surface area contributed by atoms with Crippen molar-refractivity contribution in [1.29, 1.82) is 0 Å². The molecule has 1 atom stereocenters. The number of nitrogens with one attached hydrogen (secondary N) is 1. The quantitative estimate of drug-likeness (QED) is 0.876. The van der Waals surface area contributed by atoms with E-state index in [1.807, 2.05) is 17.5 Å². The Morgan fingerprint density at radius 2 is 2.30 bits per heavy atom. The Balaban J connectivity index is 1.81. The van der Waals surface area contributed by atoms with Gasteiger partial charge in [0.1, 0.15) is 0 Å². The van der Waals surface area contributed by atoms with Crippen LogP contribution in [0.25, 0.3) is 0 Å². The Morgan fingerprint density at radius 1 is 1.45 bits per heavy atom. The molecule has 0 aliphatic carbocycles. The molecule has 20 heavy (non-hydrogen) atoms. The molecule has 2 rings (SSSR count). The van der Waals surface area contributed by atoms with Crippen molar-refractivity contribution in [1.82, 2.24) is 10.2 Å². The van der Waals surface area contributed by atoms with Gasteiger partial charge in [-0.25, -0.2) is 4.79 Å². The molecule has 2 N–H and O–H groups in total. The van der Waals surface area contributed by atoms with Gasteiger partial charge in [-0.15, -0.1) is 11.3 Å². The molecule has 1 aliphatic rings. The minimum absolute atomic E-state index is 0.0400. The van der Waals surface area contributed by atoms with E-state index in [-0.39, 0.29) is 18.5 Å². The predicted molar refractivity (Wildman–Crippen MR) is 78.0 cm³/mol. The summed E-state index contributed by atoms with van der Waals surface area (Å²) in [5, 5.41) is 13.8. The lowest BCUT2D eigenvalue weighted by Crippen LogP contribution is -2.49. The summed E-state index contributed by atoms with van der Waals surface area (Å²) in [6.07, 6.45) is 3.59. The number of likely N-dealkylation sites (tertiary alicyclic amines) is 1. The molecule has 0 aromatic carbocycles. The molecule has 1 saturated heterocycles. The minimum Gasteiger partial charge on any atom is -0.481 e. The van der Waals surface area contributed by atoms with E-state index in [1.54, 1.807) is 16.2 Å². The van der Waals surface area contributed by atoms with Gasteiger partial charge in [0.15, 0.2) is 0 Å². The zero-order chi connectivity index (χ0) is 14.4. The molecule has 2 amide bonds. The van der Waals surface area contributed by atoms with E-state index in [9.17, 15) is 9.59 Å². The van der Waals surface area contributed by atoms with Crippen LogP contribution in [0.3, 0.4) is 0 Å². The van der Waals surface area contributed by atoms with Crippen molar-refractivity contribution in [2.24, 2.45) is 0 Å². The molecule has 1 fully saturated rings. The number of carbonyl (C=O) groups excluding carboxylic acids is 1. The maximum absolute atomic E-state index is 12.1. The van der Waals surface area contributed by atoms with Gasteiger partial charge >= 0.3 is 12.0 Å². The molecule has 2 heterocycles. The van der Waals surface area contributed by atoms with Crippen molar-refractivity contribution in [2.75, 3.05) is 13.1 Å². The van der Waals surface area contributed by atoms with Crippen molar-refractivity contribution in [3.8, 4) is 0 Å². The van der Waals surface area contributed by atoms with Crippen LogP contribution in [0, 0.1) is 0 Å². The Morgan fingerprint density at radius 3 is 3.00 bits per heavy atom. The second-order valence-electron chi connectivity index (χ2n) is 5.00. The summed E-state index contributed by atoms with van der Waals surface area (Å²) in [5.74, 6) is -0.840. The third-order valence-corrected chi connectivity index (χ3v) is 4.46. The number of hydrogen-bond acceptors (Lipinski definition) is 3. The topological polar surface area (TPSA) is 69.6 Å². The van der Waals surface area contributed by atoms with Crippen molar-refractivity contribution < 1.29 is 14.7 Å². The average Bonchev–Trinajstić information content (AvgIpc) is 2.91. The van der Waals surface area contributed by atoms with Gasteiger partial charge in [0.05, 0.1) is 6.42 Å². The lowest BCUT2D eigenvalue weighted by atomic mass is 10.00. The zero-order valence-electron chi connectivity index (χ0n) is 11.4. The average molecular weight is 296 g/mol. The third kappa shape index (κ3) is 4.23. The second-order valence-corrected chi connectivity index (χ2v) is 6.03. The highest BCUT2D eigenvalue weighted by Crippen LogP contribution is 2.19. The van der Waals surface area contributed by atoms with Gasteiger partial charge in [-0.05, 0) is 37.1 Å². The molecule has 0 saturated carbocycles. The zero-order valence-corrected chi connectivity index (χ0v) is 12.2. The molecular formula is C14H20N2O3S. The number of urea groups is 1. The number of carbonyl (C=O) groups is 2. The molecule has 0 spiro atoms. The fraction of sp³-hybridized carbons (Fsp3) is 0.571. The molecule has 1 aromatic rings. The smallest absolute Gasteiger partial charge is 0.317 e. The summed E-state index contributed by atoms with van der Waals surface area (Å²) in [5.41, 5.74) is 0. The highest BCUT2D eigenvalue weighted by Gasteiger charge is 2.28. The van der Waals surface area contributed by atoms with E-state index in [0.717, 1.165) is 25.7 Å². The Labute approximate surface area is 122 Å². The van der Waals surface area contributed by atoms with Crippen LogP contribution in [0.5, 0.6) is 0 Å². The second kappa shape index (κ2) is 7.28. The molecule has 5 nitrogen and oxygen atoms in total. The van der Waals surface area contributed by atoms with E-state index >= 15 is 0 Å². The summed E-state index contributed by atoms with van der Waals surface area (Å²) in [6.45, 7) is 1.25. The lowest BCUT2D eigenvalue weighted by molar-refractivity contribution is -0.138. The van der Waals surface area contributed by atoms with Crippen molar-refractivity contribution in [3.63, 3.8) is 0 Å². The van der Waals surface area contributed by atoms with Crippen LogP contribution in [-0.4, -0.2) is 41.1 Å². The number of thiophene rings is 1. The molecule has 110 valence electrons. The standard InChI is InChI=1S/C14H20N2O3S/c17-13(18)10-11-4-1-2-8-16(11)14(19)15-7-6-12-5-3-9-20-12/h3,5,9,11H,1-2,4,6-8,10H2,(H,15,19)(H,17,18). The Bertz CT molecular complexity index is 447. The van der Waals surface area contributed by atoms with E-state index in [2.05, 4.69) is 5.32 Å². The first-order valence-corrected chi connectivity index (χ1v) is 7.83. The first-order chi connectivity index (χ1) is 9.66. The van der Waals surface area contributed by atoms with E-state index < -0.39 is 5.97 Å². The number of piperidine rings is 1. The molecule has 1 aromatic heterocycles. The number of aliphatic carboxylic acids is 1. The van der Waals surface area contributed by atoms with Crippen molar-refractivity contribution >= 4 is 23.3 Å². The van der Waals surface area contributed by atoms with Gasteiger partial charge in [-0.2, -0.15) is 0 Å². The monoisotopic (exact) mass is 296 g/mol. The lowest BCUT2D eigenvalue weighted by Gasteiger charge is -2.34. The highest BCUT2D eigenvalue weighted by atomic mass is 32.1. The summed E-state index contributed by atoms with van der Waals surface area (Å²) < 4.78 is 0.